The first-order valence-electron chi connectivity index (χ1n) is 8.62. The van der Waals surface area contributed by atoms with Gasteiger partial charge in [0.05, 0.1) is 26.3 Å². The average molecular weight is 430 g/mol. The zero-order valence-electron chi connectivity index (χ0n) is 16.4. The van der Waals surface area contributed by atoms with Gasteiger partial charge in [0, 0.05) is 18.1 Å². The fourth-order valence-corrected chi connectivity index (χ4v) is 3.45. The van der Waals surface area contributed by atoms with Gasteiger partial charge < -0.3 is 14.2 Å². The van der Waals surface area contributed by atoms with Gasteiger partial charge >= 0.3 is 5.69 Å². The number of nitrogens with zero attached hydrogens (tertiary/aromatic N) is 3. The van der Waals surface area contributed by atoms with Crippen LogP contribution in [0.2, 0.25) is 0 Å². The molecule has 1 amide bonds. The molecule has 1 aromatic heterocycles. The van der Waals surface area contributed by atoms with Crippen LogP contribution in [0.3, 0.4) is 0 Å². The molecule has 156 valence electrons. The van der Waals surface area contributed by atoms with Crippen LogP contribution < -0.4 is 19.5 Å². The maximum absolute atomic E-state index is 12.4. The van der Waals surface area contributed by atoms with Gasteiger partial charge in [0.25, 0.3) is 5.91 Å². The molecule has 0 saturated heterocycles. The molecule has 0 atom stereocenters. The molecule has 0 fully saturated rings. The van der Waals surface area contributed by atoms with Gasteiger partial charge in [0.1, 0.15) is 5.01 Å². The third-order valence-corrected chi connectivity index (χ3v) is 4.97. The lowest BCUT2D eigenvalue weighted by atomic mass is 10.1. The molecule has 0 bridgehead atoms. The van der Waals surface area contributed by atoms with Crippen molar-refractivity contribution in [3.8, 4) is 17.2 Å². The molecule has 1 heterocycles. The van der Waals surface area contributed by atoms with Crippen LogP contribution in [0.25, 0.3) is 0 Å². The van der Waals surface area contributed by atoms with Gasteiger partial charge in [-0.1, -0.05) is 17.4 Å². The van der Waals surface area contributed by atoms with E-state index in [1.807, 2.05) is 12.1 Å². The summed E-state index contributed by atoms with van der Waals surface area (Å²) in [5, 5.41) is 22.8. The largest absolute Gasteiger partial charge is 0.493 e. The minimum Gasteiger partial charge on any atom is -0.493 e. The molecule has 11 heteroatoms. The second-order valence-electron chi connectivity index (χ2n) is 5.96. The van der Waals surface area contributed by atoms with E-state index >= 15 is 0 Å². The van der Waals surface area contributed by atoms with E-state index in [4.69, 9.17) is 14.2 Å². The number of aromatic nitrogens is 2. The molecule has 0 aliphatic rings. The van der Waals surface area contributed by atoms with E-state index in [1.54, 1.807) is 20.3 Å². The van der Waals surface area contributed by atoms with Gasteiger partial charge in [0.2, 0.25) is 5.13 Å². The minimum absolute atomic E-state index is 0.0738. The van der Waals surface area contributed by atoms with Crippen LogP contribution in [-0.2, 0) is 6.42 Å². The molecule has 2 aromatic carbocycles. The Bertz CT molecular complexity index is 1080. The highest BCUT2D eigenvalue weighted by Gasteiger charge is 2.19. The topological polar surface area (TPSA) is 126 Å². The first-order chi connectivity index (χ1) is 14.4. The van der Waals surface area contributed by atoms with Gasteiger partial charge in [0.15, 0.2) is 17.2 Å². The molecular weight excluding hydrogens is 412 g/mol. The average Bonchev–Trinajstić information content (AvgIpc) is 3.19. The molecule has 0 spiro atoms. The van der Waals surface area contributed by atoms with Crippen LogP contribution in [0.1, 0.15) is 20.9 Å². The van der Waals surface area contributed by atoms with Crippen molar-refractivity contribution in [2.45, 2.75) is 6.42 Å². The van der Waals surface area contributed by atoms with Crippen molar-refractivity contribution in [3.63, 3.8) is 0 Å². The third kappa shape index (κ3) is 4.63. The van der Waals surface area contributed by atoms with Crippen LogP contribution in [0.4, 0.5) is 10.8 Å². The highest BCUT2D eigenvalue weighted by atomic mass is 32.1. The SMILES string of the molecule is COc1ccc(Cc2nnc(NC(=O)c3ccc(OC)c([N+](=O)[O-])c3)s2)cc1OC. The maximum atomic E-state index is 12.4. The first-order valence-corrected chi connectivity index (χ1v) is 9.44. The molecule has 0 aliphatic carbocycles. The van der Waals surface area contributed by atoms with Crippen LogP contribution in [0.15, 0.2) is 36.4 Å². The molecular formula is C19H18N4O6S. The Morgan fingerprint density at radius 2 is 1.73 bits per heavy atom. The number of benzene rings is 2. The standard InChI is InChI=1S/C19H18N4O6S/c1-27-14-7-5-12(10-13(14)23(25)26)18(24)20-19-22-21-17(30-19)9-11-4-6-15(28-2)16(8-11)29-3/h4-8,10H,9H2,1-3H3,(H,20,22,24). The highest BCUT2D eigenvalue weighted by Crippen LogP contribution is 2.30. The molecule has 0 saturated carbocycles. The fourth-order valence-electron chi connectivity index (χ4n) is 2.68. The Morgan fingerprint density at radius 3 is 2.40 bits per heavy atom. The number of nitro groups is 1. The fraction of sp³-hybridized carbons (Fsp3) is 0.211. The summed E-state index contributed by atoms with van der Waals surface area (Å²) in [4.78, 5) is 23.0. The Hall–Kier alpha value is -3.73. The highest BCUT2D eigenvalue weighted by molar-refractivity contribution is 7.15. The number of nitro benzene ring substituents is 1. The van der Waals surface area contributed by atoms with E-state index in [0.717, 1.165) is 11.6 Å². The van der Waals surface area contributed by atoms with Gasteiger partial charge in [-0.15, -0.1) is 10.2 Å². The smallest absolute Gasteiger partial charge is 0.311 e. The number of carbonyl (C=O) groups excluding carboxylic acids is 1. The summed E-state index contributed by atoms with van der Waals surface area (Å²) in [6.07, 6.45) is 0.488. The number of methoxy groups -OCH3 is 3. The monoisotopic (exact) mass is 430 g/mol. The molecule has 10 nitrogen and oxygen atoms in total. The van der Waals surface area contributed by atoms with Crippen molar-refractivity contribution in [1.29, 1.82) is 0 Å². The summed E-state index contributed by atoms with van der Waals surface area (Å²) in [6.45, 7) is 0. The number of nitrogens with one attached hydrogen (secondary N) is 1. The van der Waals surface area contributed by atoms with Crippen LogP contribution in [0, 0.1) is 10.1 Å². The molecule has 0 aliphatic heterocycles. The first kappa shape index (κ1) is 21.0. The lowest BCUT2D eigenvalue weighted by molar-refractivity contribution is -0.385. The minimum atomic E-state index is -0.609. The quantitative estimate of drug-likeness (QED) is 0.426. The van der Waals surface area contributed by atoms with Crippen molar-refractivity contribution >= 4 is 28.1 Å². The van der Waals surface area contributed by atoms with Crippen molar-refractivity contribution in [2.75, 3.05) is 26.6 Å². The van der Waals surface area contributed by atoms with E-state index in [0.29, 0.717) is 22.9 Å². The number of ether oxygens (including phenoxy) is 3. The van der Waals surface area contributed by atoms with Crippen LogP contribution >= 0.6 is 11.3 Å². The zero-order valence-corrected chi connectivity index (χ0v) is 17.2. The van der Waals surface area contributed by atoms with Crippen molar-refractivity contribution in [2.24, 2.45) is 0 Å². The van der Waals surface area contributed by atoms with Gasteiger partial charge in [-0.3, -0.25) is 20.2 Å². The number of anilines is 1. The van der Waals surface area contributed by atoms with E-state index < -0.39 is 10.8 Å². The normalized spacial score (nSPS) is 10.4. The second-order valence-corrected chi connectivity index (χ2v) is 7.03. The van der Waals surface area contributed by atoms with Crippen molar-refractivity contribution < 1.29 is 23.9 Å². The molecule has 0 unspecified atom stereocenters. The Morgan fingerprint density at radius 1 is 1.03 bits per heavy atom. The molecule has 0 radical (unpaired) electrons. The second kappa shape index (κ2) is 9.18. The molecule has 1 N–H and O–H groups in total. The predicted molar refractivity (Wildman–Crippen MR) is 110 cm³/mol. The van der Waals surface area contributed by atoms with Crippen molar-refractivity contribution in [3.05, 3.63) is 62.6 Å². The van der Waals surface area contributed by atoms with Gasteiger partial charge in [-0.05, 0) is 29.8 Å². The van der Waals surface area contributed by atoms with Crippen LogP contribution in [-0.4, -0.2) is 42.4 Å². The lowest BCUT2D eigenvalue weighted by Gasteiger charge is -2.08. The summed E-state index contributed by atoms with van der Waals surface area (Å²) in [5.41, 5.74) is 0.753. The lowest BCUT2D eigenvalue weighted by Crippen LogP contribution is -2.12. The van der Waals surface area contributed by atoms with E-state index in [9.17, 15) is 14.9 Å². The van der Waals surface area contributed by atoms with E-state index in [2.05, 4.69) is 15.5 Å². The number of hydrogen-bond donors (Lipinski definition) is 1. The number of hydrogen-bond acceptors (Lipinski definition) is 9. The van der Waals surface area contributed by atoms with E-state index in [1.165, 1.54) is 30.6 Å². The van der Waals surface area contributed by atoms with Crippen LogP contribution in [0.5, 0.6) is 17.2 Å². The summed E-state index contributed by atoms with van der Waals surface area (Å²) in [6, 6.07) is 9.49. The summed E-state index contributed by atoms with van der Waals surface area (Å²) < 4.78 is 15.5. The summed E-state index contributed by atoms with van der Waals surface area (Å²) in [7, 11) is 4.45. The molecule has 30 heavy (non-hydrogen) atoms. The Balaban J connectivity index is 1.72. The Labute approximate surface area is 175 Å². The maximum Gasteiger partial charge on any atom is 0.311 e. The van der Waals surface area contributed by atoms with Gasteiger partial charge in [-0.2, -0.15) is 0 Å². The van der Waals surface area contributed by atoms with Gasteiger partial charge in [-0.25, -0.2) is 0 Å². The number of amides is 1. The Kier molecular flexibility index (Phi) is 6.42. The number of rotatable bonds is 8. The summed E-state index contributed by atoms with van der Waals surface area (Å²) >= 11 is 1.21. The zero-order chi connectivity index (χ0) is 21.7. The summed E-state index contributed by atoms with van der Waals surface area (Å²) in [5.74, 6) is 0.772. The third-order valence-electron chi connectivity index (χ3n) is 4.13. The molecule has 3 aromatic rings. The predicted octanol–water partition coefficient (Wildman–Crippen LogP) is 3.32. The van der Waals surface area contributed by atoms with E-state index in [-0.39, 0.29) is 22.1 Å². The van der Waals surface area contributed by atoms with Crippen molar-refractivity contribution in [1.82, 2.24) is 10.2 Å². The molecule has 3 rings (SSSR count). The number of carbonyl (C=O) groups is 1.